The van der Waals surface area contributed by atoms with E-state index in [1.54, 1.807) is 42.5 Å². The van der Waals surface area contributed by atoms with E-state index in [4.69, 9.17) is 18.0 Å². The fraction of sp³-hybridized carbons (Fsp3) is 0. The number of nitrogens with one attached hydrogen (secondary N) is 2. The van der Waals surface area contributed by atoms with Crippen molar-refractivity contribution < 1.29 is 9.59 Å². The second kappa shape index (κ2) is 8.61. The van der Waals surface area contributed by atoms with Crippen LogP contribution in [0, 0.1) is 0 Å². The Morgan fingerprint density at radius 1 is 1.04 bits per heavy atom. The fourth-order valence-corrected chi connectivity index (χ4v) is 2.29. The Morgan fingerprint density at radius 3 is 2.26 bits per heavy atom. The first-order valence-corrected chi connectivity index (χ1v) is 7.43. The number of primary amides is 1. The summed E-state index contributed by atoms with van der Waals surface area (Å²) in [5, 5.41) is 5.60. The average molecular weight is 415 g/mol. The first-order chi connectivity index (χ1) is 10.5. The fourth-order valence-electron chi connectivity index (χ4n) is 1.69. The second-order valence-electron chi connectivity index (χ2n) is 4.36. The molecule has 0 aliphatic rings. The lowest BCUT2D eigenvalue weighted by atomic mass is 10.2. The van der Waals surface area contributed by atoms with Crippen molar-refractivity contribution in [2.24, 2.45) is 5.73 Å². The molecule has 5 nitrogen and oxygen atoms in total. The average Bonchev–Trinajstić information content (AvgIpc) is 2.47. The van der Waals surface area contributed by atoms with Crippen LogP contribution in [0.25, 0.3) is 0 Å². The molecule has 0 aromatic heterocycles. The van der Waals surface area contributed by atoms with E-state index in [1.807, 2.05) is 6.07 Å². The molecule has 2 rings (SSSR count). The van der Waals surface area contributed by atoms with E-state index in [1.165, 1.54) is 0 Å². The summed E-state index contributed by atoms with van der Waals surface area (Å²) in [4.78, 5) is 23.0. The predicted molar refractivity (Wildman–Crippen MR) is 100 cm³/mol. The van der Waals surface area contributed by atoms with E-state index in [9.17, 15) is 9.59 Å². The summed E-state index contributed by atoms with van der Waals surface area (Å²) in [7, 11) is 0. The lowest BCUT2D eigenvalue weighted by molar-refractivity contribution is 0.0975. The third kappa shape index (κ3) is 5.63. The maximum Gasteiger partial charge on any atom is 0.257 e. The maximum atomic E-state index is 12.0. The summed E-state index contributed by atoms with van der Waals surface area (Å²) in [5.74, 6) is -0.815. The highest BCUT2D eigenvalue weighted by Crippen LogP contribution is 2.12. The number of hydrogen-bond donors (Lipinski definition) is 3. The van der Waals surface area contributed by atoms with Gasteiger partial charge in [-0.3, -0.25) is 14.9 Å². The zero-order valence-corrected chi connectivity index (χ0v) is 14.9. The molecular formula is C15H13BrClN3O2S. The SMILES string of the molecule is Cl.NC(=O)c1ccc(NC(=S)NC(=O)c2cccc(Br)c2)cc1. The molecule has 2 aromatic rings. The number of thiocarbonyl (C=S) groups is 1. The van der Waals surface area contributed by atoms with Crippen LogP contribution >= 0.6 is 40.6 Å². The summed E-state index contributed by atoms with van der Waals surface area (Å²) < 4.78 is 0.807. The Bertz CT molecular complexity index is 738. The number of halogens is 2. The number of anilines is 1. The smallest absolute Gasteiger partial charge is 0.257 e. The summed E-state index contributed by atoms with van der Waals surface area (Å²) in [6, 6.07) is 13.4. The van der Waals surface area contributed by atoms with Crippen molar-refractivity contribution in [2.75, 3.05) is 5.32 Å². The number of rotatable bonds is 3. The maximum absolute atomic E-state index is 12.0. The van der Waals surface area contributed by atoms with Gasteiger partial charge in [0, 0.05) is 21.3 Å². The van der Waals surface area contributed by atoms with E-state index >= 15 is 0 Å². The highest BCUT2D eigenvalue weighted by Gasteiger charge is 2.08. The van der Waals surface area contributed by atoms with Gasteiger partial charge in [-0.25, -0.2) is 0 Å². The number of carbonyl (C=O) groups is 2. The van der Waals surface area contributed by atoms with Gasteiger partial charge in [-0.1, -0.05) is 22.0 Å². The summed E-state index contributed by atoms with van der Waals surface area (Å²) >= 11 is 8.39. The van der Waals surface area contributed by atoms with Crippen LogP contribution in [-0.4, -0.2) is 16.9 Å². The second-order valence-corrected chi connectivity index (χ2v) is 5.68. The zero-order valence-electron chi connectivity index (χ0n) is 11.7. The van der Waals surface area contributed by atoms with Crippen molar-refractivity contribution in [3.8, 4) is 0 Å². The van der Waals surface area contributed by atoms with E-state index in [2.05, 4.69) is 26.6 Å². The molecule has 0 spiro atoms. The topological polar surface area (TPSA) is 84.2 Å². The third-order valence-electron chi connectivity index (χ3n) is 2.74. The van der Waals surface area contributed by atoms with Gasteiger partial charge in [0.25, 0.3) is 5.91 Å². The van der Waals surface area contributed by atoms with Gasteiger partial charge < -0.3 is 11.1 Å². The molecule has 0 saturated carbocycles. The summed E-state index contributed by atoms with van der Waals surface area (Å²) in [6.07, 6.45) is 0. The third-order valence-corrected chi connectivity index (χ3v) is 3.44. The first-order valence-electron chi connectivity index (χ1n) is 6.23. The molecule has 0 aliphatic heterocycles. The molecule has 0 atom stereocenters. The minimum atomic E-state index is -0.503. The lowest BCUT2D eigenvalue weighted by Gasteiger charge is -2.10. The molecule has 0 saturated heterocycles. The molecular weight excluding hydrogens is 402 g/mol. The zero-order chi connectivity index (χ0) is 16.1. The Kier molecular flexibility index (Phi) is 7.15. The number of carbonyl (C=O) groups excluding carboxylic acids is 2. The van der Waals surface area contributed by atoms with Crippen LogP contribution < -0.4 is 16.4 Å². The normalized spacial score (nSPS) is 9.43. The van der Waals surface area contributed by atoms with Gasteiger partial charge in [-0.2, -0.15) is 0 Å². The summed E-state index contributed by atoms with van der Waals surface area (Å²) in [5.41, 5.74) is 6.69. The van der Waals surface area contributed by atoms with Crippen LogP contribution in [0.2, 0.25) is 0 Å². The molecule has 2 aromatic carbocycles. The van der Waals surface area contributed by atoms with Gasteiger partial charge in [0.15, 0.2) is 5.11 Å². The highest BCUT2D eigenvalue weighted by molar-refractivity contribution is 9.10. The van der Waals surface area contributed by atoms with Crippen molar-refractivity contribution in [1.82, 2.24) is 5.32 Å². The number of nitrogens with two attached hydrogens (primary N) is 1. The Balaban J connectivity index is 0.00000264. The van der Waals surface area contributed by atoms with Crippen LogP contribution in [0.3, 0.4) is 0 Å². The molecule has 120 valence electrons. The first kappa shape index (κ1) is 19.1. The lowest BCUT2D eigenvalue weighted by Crippen LogP contribution is -2.34. The minimum Gasteiger partial charge on any atom is -0.366 e. The van der Waals surface area contributed by atoms with Crippen LogP contribution in [0.1, 0.15) is 20.7 Å². The molecule has 0 heterocycles. The van der Waals surface area contributed by atoms with Crippen LogP contribution in [-0.2, 0) is 0 Å². The largest absolute Gasteiger partial charge is 0.366 e. The van der Waals surface area contributed by atoms with Crippen molar-refractivity contribution in [3.63, 3.8) is 0 Å². The highest BCUT2D eigenvalue weighted by atomic mass is 79.9. The van der Waals surface area contributed by atoms with Crippen molar-refractivity contribution in [1.29, 1.82) is 0 Å². The van der Waals surface area contributed by atoms with E-state index < -0.39 is 5.91 Å². The molecule has 0 aliphatic carbocycles. The molecule has 0 bridgehead atoms. The van der Waals surface area contributed by atoms with Crippen molar-refractivity contribution >= 4 is 63.2 Å². The van der Waals surface area contributed by atoms with Gasteiger partial charge >= 0.3 is 0 Å². The van der Waals surface area contributed by atoms with Gasteiger partial charge in [0.1, 0.15) is 0 Å². The molecule has 8 heteroatoms. The Hall–Kier alpha value is -1.96. The van der Waals surface area contributed by atoms with Gasteiger partial charge in [0.2, 0.25) is 5.91 Å². The quantitative estimate of drug-likeness (QED) is 0.674. The molecule has 0 fully saturated rings. The molecule has 0 radical (unpaired) electrons. The van der Waals surface area contributed by atoms with Gasteiger partial charge in [-0.15, -0.1) is 12.4 Å². The van der Waals surface area contributed by atoms with Gasteiger partial charge in [-0.05, 0) is 54.7 Å². The van der Waals surface area contributed by atoms with Crippen molar-refractivity contribution in [3.05, 3.63) is 64.1 Å². The molecule has 4 N–H and O–H groups in total. The van der Waals surface area contributed by atoms with Crippen LogP contribution in [0.15, 0.2) is 53.0 Å². The van der Waals surface area contributed by atoms with Crippen molar-refractivity contribution in [2.45, 2.75) is 0 Å². The monoisotopic (exact) mass is 413 g/mol. The van der Waals surface area contributed by atoms with E-state index in [0.29, 0.717) is 16.8 Å². The standard InChI is InChI=1S/C15H12BrN3O2S.ClH/c16-11-3-1-2-10(8-11)14(21)19-15(22)18-12-6-4-9(5-7-12)13(17)20;/h1-8H,(H2,17,20)(H2,18,19,21,22);1H. The van der Waals surface area contributed by atoms with E-state index in [-0.39, 0.29) is 23.4 Å². The Morgan fingerprint density at radius 2 is 1.70 bits per heavy atom. The number of benzene rings is 2. The van der Waals surface area contributed by atoms with E-state index in [0.717, 1.165) is 4.47 Å². The predicted octanol–water partition coefficient (Wildman–Crippen LogP) is 3.10. The molecule has 23 heavy (non-hydrogen) atoms. The number of hydrogen-bond acceptors (Lipinski definition) is 3. The summed E-state index contributed by atoms with van der Waals surface area (Å²) in [6.45, 7) is 0. The minimum absolute atomic E-state index is 0. The van der Waals surface area contributed by atoms with Crippen LogP contribution in [0.5, 0.6) is 0 Å². The molecule has 0 unspecified atom stereocenters. The van der Waals surface area contributed by atoms with Crippen LogP contribution in [0.4, 0.5) is 5.69 Å². The van der Waals surface area contributed by atoms with Gasteiger partial charge in [0.05, 0.1) is 0 Å². The number of amides is 2. The Labute approximate surface area is 153 Å². The molecule has 2 amide bonds.